The van der Waals surface area contributed by atoms with Gasteiger partial charge >= 0.3 is 0 Å². The molecule has 0 bridgehead atoms. The maximum Gasteiger partial charge on any atom is 0.231 e. The van der Waals surface area contributed by atoms with E-state index in [1.807, 2.05) is 32.0 Å². The third-order valence-electron chi connectivity index (χ3n) is 3.12. The Kier molecular flexibility index (Phi) is 9.62. The molecule has 24 heavy (non-hydrogen) atoms. The number of ether oxygens (including phenoxy) is 4. The largest absolute Gasteiger partial charge is 0.492 e. The molecule has 1 heterocycles. The summed E-state index contributed by atoms with van der Waals surface area (Å²) in [6.45, 7) is 6.78. The number of hydrogen-bond donors (Lipinski definition) is 2. The molecule has 1 unspecified atom stereocenters. The minimum atomic E-state index is 0. The highest BCUT2D eigenvalue weighted by atomic mass is 127. The molecule has 1 aromatic carbocycles. The van der Waals surface area contributed by atoms with Crippen LogP contribution in [0.2, 0.25) is 0 Å². The van der Waals surface area contributed by atoms with Crippen molar-refractivity contribution in [1.29, 1.82) is 0 Å². The van der Waals surface area contributed by atoms with Crippen LogP contribution in [0.15, 0.2) is 23.2 Å². The Morgan fingerprint density at radius 3 is 2.88 bits per heavy atom. The lowest BCUT2D eigenvalue weighted by Crippen LogP contribution is -2.44. The third-order valence-corrected chi connectivity index (χ3v) is 3.12. The second kappa shape index (κ2) is 11.2. The van der Waals surface area contributed by atoms with Gasteiger partial charge in [0.1, 0.15) is 12.4 Å². The van der Waals surface area contributed by atoms with Crippen LogP contribution in [0.5, 0.6) is 17.2 Å². The Morgan fingerprint density at radius 1 is 1.33 bits per heavy atom. The van der Waals surface area contributed by atoms with Gasteiger partial charge in [0.05, 0.1) is 13.2 Å². The van der Waals surface area contributed by atoms with Gasteiger partial charge in [-0.1, -0.05) is 0 Å². The van der Waals surface area contributed by atoms with Crippen LogP contribution in [0.25, 0.3) is 0 Å². The van der Waals surface area contributed by atoms with Crippen LogP contribution in [-0.4, -0.2) is 52.2 Å². The van der Waals surface area contributed by atoms with Gasteiger partial charge in [0.15, 0.2) is 17.5 Å². The molecule has 0 aromatic heterocycles. The van der Waals surface area contributed by atoms with Gasteiger partial charge in [0.25, 0.3) is 0 Å². The lowest BCUT2D eigenvalue weighted by molar-refractivity contribution is 0.173. The van der Waals surface area contributed by atoms with E-state index in [1.165, 1.54) is 0 Å². The van der Waals surface area contributed by atoms with Crippen molar-refractivity contribution in [3.05, 3.63) is 18.2 Å². The molecule has 2 rings (SSSR count). The molecule has 1 aliphatic heterocycles. The van der Waals surface area contributed by atoms with Crippen LogP contribution < -0.4 is 24.8 Å². The first-order valence-electron chi connectivity index (χ1n) is 7.79. The van der Waals surface area contributed by atoms with Gasteiger partial charge in [-0.2, -0.15) is 0 Å². The highest BCUT2D eigenvalue weighted by Crippen LogP contribution is 2.34. The van der Waals surface area contributed by atoms with E-state index in [0.29, 0.717) is 19.8 Å². The summed E-state index contributed by atoms with van der Waals surface area (Å²) in [4.78, 5) is 4.48. The Hall–Kier alpha value is -1.42. The molecule has 0 amide bonds. The minimum Gasteiger partial charge on any atom is -0.492 e. The molecule has 0 spiro atoms. The van der Waals surface area contributed by atoms with E-state index < -0.39 is 0 Å². The van der Waals surface area contributed by atoms with Gasteiger partial charge in [-0.3, -0.25) is 0 Å². The van der Waals surface area contributed by atoms with Crippen molar-refractivity contribution in [2.75, 3.05) is 40.2 Å². The van der Waals surface area contributed by atoms with Gasteiger partial charge < -0.3 is 29.6 Å². The van der Waals surface area contributed by atoms with Crippen LogP contribution in [0.3, 0.4) is 0 Å². The first kappa shape index (κ1) is 20.6. The first-order valence-corrected chi connectivity index (χ1v) is 7.79. The van der Waals surface area contributed by atoms with Crippen molar-refractivity contribution >= 4 is 29.9 Å². The fourth-order valence-corrected chi connectivity index (χ4v) is 2.13. The standard InChI is InChI=1S/C16H25N3O4.HI/c1-4-17-16(19-12(2)10-20-3)18-7-8-21-13-5-6-14-15(9-13)23-11-22-14;/h5-6,9,12H,4,7-8,10-11H2,1-3H3,(H2,17,18,19);1H. The van der Waals surface area contributed by atoms with E-state index in [4.69, 9.17) is 18.9 Å². The summed E-state index contributed by atoms with van der Waals surface area (Å²) < 4.78 is 21.4. The zero-order valence-corrected chi connectivity index (χ0v) is 16.7. The normalized spacial score (nSPS) is 13.9. The van der Waals surface area contributed by atoms with E-state index >= 15 is 0 Å². The molecular formula is C16H26IN3O4. The number of guanidine groups is 1. The molecule has 0 radical (unpaired) electrons. The van der Waals surface area contributed by atoms with E-state index in [0.717, 1.165) is 29.8 Å². The molecule has 0 saturated heterocycles. The van der Waals surface area contributed by atoms with Gasteiger partial charge in [0, 0.05) is 25.8 Å². The molecule has 1 atom stereocenters. The van der Waals surface area contributed by atoms with Gasteiger partial charge in [0.2, 0.25) is 6.79 Å². The zero-order chi connectivity index (χ0) is 16.5. The SMILES string of the molecule is CCNC(=NCCOc1ccc2c(c1)OCO2)NC(C)COC.I. The van der Waals surface area contributed by atoms with Gasteiger partial charge in [-0.15, -0.1) is 24.0 Å². The summed E-state index contributed by atoms with van der Waals surface area (Å²) in [6.07, 6.45) is 0. The van der Waals surface area contributed by atoms with E-state index in [9.17, 15) is 0 Å². The molecule has 0 fully saturated rings. The molecule has 8 heteroatoms. The second-order valence-electron chi connectivity index (χ2n) is 5.12. The number of halogens is 1. The van der Waals surface area contributed by atoms with Crippen LogP contribution in [-0.2, 0) is 4.74 Å². The van der Waals surface area contributed by atoms with Crippen molar-refractivity contribution in [3.63, 3.8) is 0 Å². The predicted octanol–water partition coefficient (Wildman–Crippen LogP) is 2.00. The quantitative estimate of drug-likeness (QED) is 0.273. The van der Waals surface area contributed by atoms with Crippen LogP contribution in [0.4, 0.5) is 0 Å². The van der Waals surface area contributed by atoms with Crippen LogP contribution in [0, 0.1) is 0 Å². The number of methoxy groups -OCH3 is 1. The van der Waals surface area contributed by atoms with Crippen LogP contribution >= 0.6 is 24.0 Å². The molecule has 1 aromatic rings. The summed E-state index contributed by atoms with van der Waals surface area (Å²) in [5.41, 5.74) is 0. The fourth-order valence-electron chi connectivity index (χ4n) is 2.13. The summed E-state index contributed by atoms with van der Waals surface area (Å²) in [6, 6.07) is 5.73. The van der Waals surface area contributed by atoms with Crippen molar-refractivity contribution in [1.82, 2.24) is 10.6 Å². The minimum absolute atomic E-state index is 0. The third kappa shape index (κ3) is 6.60. The number of hydrogen-bond acceptors (Lipinski definition) is 5. The first-order chi connectivity index (χ1) is 11.2. The Morgan fingerprint density at radius 2 is 2.12 bits per heavy atom. The van der Waals surface area contributed by atoms with Crippen molar-refractivity contribution in [3.8, 4) is 17.2 Å². The van der Waals surface area contributed by atoms with E-state index in [2.05, 4.69) is 15.6 Å². The second-order valence-corrected chi connectivity index (χ2v) is 5.12. The number of aliphatic imine (C=N–C) groups is 1. The maximum atomic E-state index is 5.69. The zero-order valence-electron chi connectivity index (χ0n) is 14.3. The smallest absolute Gasteiger partial charge is 0.231 e. The molecule has 0 aliphatic carbocycles. The summed E-state index contributed by atoms with van der Waals surface area (Å²) in [5, 5.41) is 6.47. The monoisotopic (exact) mass is 451 g/mol. The van der Waals surface area contributed by atoms with E-state index in [-0.39, 0.29) is 36.8 Å². The summed E-state index contributed by atoms with van der Waals surface area (Å²) in [7, 11) is 1.68. The van der Waals surface area contributed by atoms with E-state index in [1.54, 1.807) is 7.11 Å². The highest BCUT2D eigenvalue weighted by Gasteiger charge is 2.13. The average Bonchev–Trinajstić information content (AvgIpc) is 2.99. The molecule has 136 valence electrons. The average molecular weight is 451 g/mol. The lowest BCUT2D eigenvalue weighted by atomic mass is 10.3. The number of benzene rings is 1. The van der Waals surface area contributed by atoms with Crippen LogP contribution in [0.1, 0.15) is 13.8 Å². The molecule has 2 N–H and O–H groups in total. The molecule has 7 nitrogen and oxygen atoms in total. The summed E-state index contributed by atoms with van der Waals surface area (Å²) in [5.74, 6) is 2.97. The van der Waals surface area contributed by atoms with Gasteiger partial charge in [-0.25, -0.2) is 4.99 Å². The lowest BCUT2D eigenvalue weighted by Gasteiger charge is -2.17. The van der Waals surface area contributed by atoms with Crippen molar-refractivity contribution in [2.45, 2.75) is 19.9 Å². The molecule has 0 saturated carbocycles. The summed E-state index contributed by atoms with van der Waals surface area (Å²) >= 11 is 0. The number of rotatable bonds is 8. The molecule has 1 aliphatic rings. The Labute approximate surface area is 160 Å². The predicted molar refractivity (Wildman–Crippen MR) is 104 cm³/mol. The fraction of sp³-hybridized carbons (Fsp3) is 0.562. The maximum absolute atomic E-state index is 5.69. The van der Waals surface area contributed by atoms with Crippen molar-refractivity contribution < 1.29 is 18.9 Å². The Balaban J connectivity index is 0.00000288. The number of nitrogens with one attached hydrogen (secondary N) is 2. The molecular weight excluding hydrogens is 425 g/mol. The number of nitrogens with zero attached hydrogens (tertiary/aromatic N) is 1. The van der Waals surface area contributed by atoms with Crippen molar-refractivity contribution in [2.24, 2.45) is 4.99 Å². The van der Waals surface area contributed by atoms with Gasteiger partial charge in [-0.05, 0) is 26.0 Å². The topological polar surface area (TPSA) is 73.3 Å². The Bertz CT molecular complexity index is 528. The number of fused-ring (bicyclic) bond motifs is 1. The highest BCUT2D eigenvalue weighted by molar-refractivity contribution is 14.0.